The predicted octanol–water partition coefficient (Wildman–Crippen LogP) is 2.66. The zero-order valence-electron chi connectivity index (χ0n) is 16.2. The second kappa shape index (κ2) is 8.76. The maximum atomic E-state index is 13.2. The lowest BCUT2D eigenvalue weighted by atomic mass is 9.94. The number of ether oxygens (including phenoxy) is 2. The van der Waals surface area contributed by atoms with Gasteiger partial charge >= 0.3 is 0 Å². The molecule has 1 saturated heterocycles. The summed E-state index contributed by atoms with van der Waals surface area (Å²) in [5.41, 5.74) is 1.53. The van der Waals surface area contributed by atoms with Gasteiger partial charge in [0.05, 0.1) is 22.7 Å². The molecule has 0 amide bonds. The van der Waals surface area contributed by atoms with Crippen molar-refractivity contribution in [3.05, 3.63) is 51.3 Å². The Morgan fingerprint density at radius 3 is 2.63 bits per heavy atom. The van der Waals surface area contributed by atoms with E-state index < -0.39 is 6.23 Å². The summed E-state index contributed by atoms with van der Waals surface area (Å²) in [6.07, 6.45) is 2.23. The number of pyridine rings is 1. The normalized spacial score (nSPS) is 18.5. The average Bonchev–Trinajstić information content (AvgIpc) is 3.16. The summed E-state index contributed by atoms with van der Waals surface area (Å²) in [7, 11) is 1.51. The standard InChI is InChI=1S/C21H19Cl2N3O4/c1-29-18-3-2-12(17(28)8-13-15(22)9-25-10-16(13)23)19-14(11-27)21(30-20(18)19)26-6-4-24-5-7-26/h2-3,9-10,21,24H,4-8H2,1H3. The van der Waals surface area contributed by atoms with Crippen molar-refractivity contribution in [1.29, 1.82) is 0 Å². The van der Waals surface area contributed by atoms with Gasteiger partial charge in [-0.3, -0.25) is 14.7 Å². The van der Waals surface area contributed by atoms with Crippen LogP contribution in [0.15, 0.2) is 24.5 Å². The van der Waals surface area contributed by atoms with Crippen molar-refractivity contribution in [3.63, 3.8) is 0 Å². The van der Waals surface area contributed by atoms with Gasteiger partial charge in [0.25, 0.3) is 0 Å². The first-order valence-electron chi connectivity index (χ1n) is 9.44. The van der Waals surface area contributed by atoms with Crippen LogP contribution in [0.2, 0.25) is 10.0 Å². The largest absolute Gasteiger partial charge is 0.493 e. The molecule has 2 aliphatic rings. The van der Waals surface area contributed by atoms with Crippen LogP contribution in [0.25, 0.3) is 5.57 Å². The molecule has 1 unspecified atom stereocenters. The number of rotatable bonds is 5. The van der Waals surface area contributed by atoms with E-state index in [9.17, 15) is 9.59 Å². The third-order valence-electron chi connectivity index (χ3n) is 5.27. The molecule has 156 valence electrons. The molecule has 2 aromatic rings. The monoisotopic (exact) mass is 447 g/mol. The molecule has 9 heteroatoms. The number of nitrogens with zero attached hydrogens (tertiary/aromatic N) is 2. The molecule has 7 nitrogen and oxygen atoms in total. The highest BCUT2D eigenvalue weighted by molar-refractivity contribution is 6.36. The number of hydrogen-bond acceptors (Lipinski definition) is 7. The third kappa shape index (κ3) is 3.71. The highest BCUT2D eigenvalue weighted by Crippen LogP contribution is 2.46. The number of aromatic nitrogens is 1. The van der Waals surface area contributed by atoms with Crippen molar-refractivity contribution in [2.45, 2.75) is 12.6 Å². The van der Waals surface area contributed by atoms with Gasteiger partial charge in [0.2, 0.25) is 0 Å². The molecular formula is C21H19Cl2N3O4. The Hall–Kier alpha value is -2.41. The molecule has 0 radical (unpaired) electrons. The van der Waals surface area contributed by atoms with Gasteiger partial charge in [-0.15, -0.1) is 0 Å². The summed E-state index contributed by atoms with van der Waals surface area (Å²) in [6, 6.07) is 3.29. The molecule has 3 heterocycles. The molecule has 4 rings (SSSR count). The number of halogens is 2. The first-order chi connectivity index (χ1) is 14.5. The predicted molar refractivity (Wildman–Crippen MR) is 113 cm³/mol. The fraction of sp³-hybridized carbons (Fsp3) is 0.333. The minimum Gasteiger partial charge on any atom is -0.493 e. The maximum absolute atomic E-state index is 13.2. The van der Waals surface area contributed by atoms with Crippen LogP contribution in [0.1, 0.15) is 21.5 Å². The number of piperazine rings is 1. The number of fused-ring (bicyclic) bond motifs is 1. The first-order valence-corrected chi connectivity index (χ1v) is 10.2. The lowest BCUT2D eigenvalue weighted by Gasteiger charge is -2.31. The molecule has 0 bridgehead atoms. The van der Waals surface area contributed by atoms with Gasteiger partial charge in [-0.25, -0.2) is 4.79 Å². The van der Waals surface area contributed by atoms with Crippen LogP contribution in [-0.4, -0.2) is 61.1 Å². The Morgan fingerprint density at radius 1 is 1.30 bits per heavy atom. The number of methoxy groups -OCH3 is 1. The van der Waals surface area contributed by atoms with Crippen molar-refractivity contribution in [2.75, 3.05) is 33.3 Å². The van der Waals surface area contributed by atoms with E-state index in [1.807, 2.05) is 10.8 Å². The highest BCUT2D eigenvalue weighted by atomic mass is 35.5. The zero-order valence-corrected chi connectivity index (χ0v) is 17.7. The van der Waals surface area contributed by atoms with Gasteiger partial charge in [-0.1, -0.05) is 23.2 Å². The summed E-state index contributed by atoms with van der Waals surface area (Å²) in [6.45, 7) is 2.98. The Balaban J connectivity index is 1.75. The van der Waals surface area contributed by atoms with Crippen LogP contribution < -0.4 is 14.8 Å². The Kier molecular flexibility index (Phi) is 6.09. The molecule has 1 N–H and O–H groups in total. The fourth-order valence-electron chi connectivity index (χ4n) is 3.77. The zero-order chi connectivity index (χ0) is 21.3. The third-order valence-corrected chi connectivity index (χ3v) is 5.92. The van der Waals surface area contributed by atoms with Crippen LogP contribution in [0, 0.1) is 0 Å². The van der Waals surface area contributed by atoms with Crippen molar-refractivity contribution in [1.82, 2.24) is 15.2 Å². The Labute approximate surface area is 183 Å². The van der Waals surface area contributed by atoms with Gasteiger partial charge in [-0.05, 0) is 12.1 Å². The maximum Gasteiger partial charge on any atom is 0.190 e. The molecule has 30 heavy (non-hydrogen) atoms. The number of Topliss-reactive ketones (excluding diaryl/α,β-unsaturated/α-hetero) is 1. The molecule has 0 spiro atoms. The van der Waals surface area contributed by atoms with Gasteiger partial charge in [0, 0.05) is 56.1 Å². The van der Waals surface area contributed by atoms with Crippen molar-refractivity contribution < 1.29 is 19.1 Å². The highest BCUT2D eigenvalue weighted by Gasteiger charge is 2.40. The number of benzene rings is 1. The lowest BCUT2D eigenvalue weighted by molar-refractivity contribution is 0.0680. The first kappa shape index (κ1) is 20.8. The van der Waals surface area contributed by atoms with E-state index in [1.54, 1.807) is 12.1 Å². The molecule has 2 aliphatic heterocycles. The van der Waals surface area contributed by atoms with E-state index in [1.165, 1.54) is 19.5 Å². The van der Waals surface area contributed by atoms with Crippen LogP contribution in [0.4, 0.5) is 0 Å². The summed E-state index contributed by atoms with van der Waals surface area (Å²) < 4.78 is 11.5. The van der Waals surface area contributed by atoms with Crippen LogP contribution in [0.3, 0.4) is 0 Å². The van der Waals surface area contributed by atoms with Crippen molar-refractivity contribution in [3.8, 4) is 11.5 Å². The van der Waals surface area contributed by atoms with Crippen LogP contribution in [0.5, 0.6) is 11.5 Å². The smallest absolute Gasteiger partial charge is 0.190 e. The van der Waals surface area contributed by atoms with Crippen LogP contribution in [-0.2, 0) is 11.2 Å². The van der Waals surface area contributed by atoms with E-state index in [2.05, 4.69) is 10.3 Å². The Bertz CT molecular complexity index is 1030. The van der Waals surface area contributed by atoms with Gasteiger partial charge < -0.3 is 14.8 Å². The molecule has 1 fully saturated rings. The topological polar surface area (TPSA) is 80.8 Å². The average molecular weight is 448 g/mol. The summed E-state index contributed by atoms with van der Waals surface area (Å²) >= 11 is 12.4. The number of carbonyl (C=O) groups is 1. The minimum absolute atomic E-state index is 0.0383. The van der Waals surface area contributed by atoms with Gasteiger partial charge in [0.1, 0.15) is 11.5 Å². The van der Waals surface area contributed by atoms with E-state index >= 15 is 0 Å². The summed E-state index contributed by atoms with van der Waals surface area (Å²) in [5.74, 6) is 2.58. The summed E-state index contributed by atoms with van der Waals surface area (Å²) in [4.78, 5) is 31.2. The van der Waals surface area contributed by atoms with E-state index in [4.69, 9.17) is 32.7 Å². The number of carbonyl (C=O) groups excluding carboxylic acids is 2. The second-order valence-electron chi connectivity index (χ2n) is 6.97. The van der Waals surface area contributed by atoms with E-state index in [0.29, 0.717) is 56.9 Å². The minimum atomic E-state index is -0.615. The number of nitrogens with one attached hydrogen (secondary N) is 1. The molecular weight excluding hydrogens is 429 g/mol. The molecule has 1 aromatic heterocycles. The fourth-order valence-corrected chi connectivity index (χ4v) is 4.27. The van der Waals surface area contributed by atoms with Crippen molar-refractivity contribution >= 4 is 40.5 Å². The number of hydrogen-bond donors (Lipinski definition) is 1. The van der Waals surface area contributed by atoms with E-state index in [-0.39, 0.29) is 12.2 Å². The van der Waals surface area contributed by atoms with E-state index in [0.717, 1.165) is 13.1 Å². The lowest BCUT2D eigenvalue weighted by Crippen LogP contribution is -2.49. The van der Waals surface area contributed by atoms with Crippen molar-refractivity contribution in [2.24, 2.45) is 0 Å². The van der Waals surface area contributed by atoms with Gasteiger partial charge in [0.15, 0.2) is 23.5 Å². The molecule has 1 aromatic carbocycles. The van der Waals surface area contributed by atoms with Crippen LogP contribution >= 0.6 is 23.2 Å². The quantitative estimate of drug-likeness (QED) is 0.557. The SMILES string of the molecule is COc1ccc(C(=O)Cc2c(Cl)cncc2Cl)c2c1OC(N1CCNCC1)C2=C=O. The van der Waals surface area contributed by atoms with Gasteiger partial charge in [-0.2, -0.15) is 0 Å². The molecule has 0 saturated carbocycles. The second-order valence-corrected chi connectivity index (χ2v) is 7.79. The molecule has 1 atom stereocenters. The molecule has 0 aliphatic carbocycles. The summed E-state index contributed by atoms with van der Waals surface area (Å²) in [5, 5.41) is 3.88. The Morgan fingerprint density at radius 2 is 2.00 bits per heavy atom. The number of ketones is 1.